The number of benzene rings is 2. The van der Waals surface area contributed by atoms with Crippen molar-refractivity contribution in [1.29, 1.82) is 0 Å². The molecule has 3 rings (SSSR count). The largest absolute Gasteiger partial charge is 0.416 e. The molecule has 0 heterocycles. The van der Waals surface area contributed by atoms with Crippen molar-refractivity contribution in [3.05, 3.63) is 77.6 Å². The van der Waals surface area contributed by atoms with Crippen LogP contribution in [0.2, 0.25) is 0 Å². The number of aliphatic imine (C=N–C) groups is 1. The number of hydrogen-bond donors (Lipinski definition) is 2. The summed E-state index contributed by atoms with van der Waals surface area (Å²) in [6.45, 7) is 4.02. The van der Waals surface area contributed by atoms with Crippen LogP contribution in [0.25, 0.3) is 0 Å². The average molecular weight is 569 g/mol. The van der Waals surface area contributed by atoms with Crippen LogP contribution in [0.1, 0.15) is 43.2 Å². The zero-order valence-corrected chi connectivity index (χ0v) is 22.4. The van der Waals surface area contributed by atoms with E-state index in [4.69, 9.17) is 0 Å². The minimum Gasteiger partial charge on any atom is -0.370 e. The van der Waals surface area contributed by atoms with Crippen molar-refractivity contribution in [1.82, 2.24) is 14.9 Å². The van der Waals surface area contributed by atoms with E-state index in [0.717, 1.165) is 60.0 Å². The Morgan fingerprint density at radius 3 is 2.26 bits per heavy atom. The molecule has 2 aromatic carbocycles. The number of amidine groups is 1. The minimum absolute atomic E-state index is 0.0670. The molecule has 212 valence electrons. The fourth-order valence-electron chi connectivity index (χ4n) is 3.93. The van der Waals surface area contributed by atoms with Gasteiger partial charge in [-0.15, -0.1) is 0 Å². The van der Waals surface area contributed by atoms with E-state index >= 15 is 0 Å². The normalized spacial score (nSPS) is 14.7. The molecule has 39 heavy (non-hydrogen) atoms. The van der Waals surface area contributed by atoms with Gasteiger partial charge in [0.25, 0.3) is 0 Å². The average Bonchev–Trinajstić information content (AvgIpc) is 2.86. The summed E-state index contributed by atoms with van der Waals surface area (Å²) in [5, 5.41) is 6.00. The summed E-state index contributed by atoms with van der Waals surface area (Å²) < 4.78 is 80.2. The third kappa shape index (κ3) is 8.62. The van der Waals surface area contributed by atoms with Gasteiger partial charge in [-0.1, -0.05) is 18.7 Å². The van der Waals surface area contributed by atoms with Gasteiger partial charge in [0.1, 0.15) is 11.7 Å². The Morgan fingerprint density at radius 1 is 1.08 bits per heavy atom. The van der Waals surface area contributed by atoms with E-state index in [9.17, 15) is 30.8 Å². The number of sulfonamides is 1. The number of rotatable bonds is 12. The van der Waals surface area contributed by atoms with Gasteiger partial charge in [-0.25, -0.2) is 12.8 Å². The lowest BCUT2D eigenvalue weighted by atomic mass is 9.93. The van der Waals surface area contributed by atoms with Crippen molar-refractivity contribution in [3.63, 3.8) is 0 Å². The number of halogens is 4. The summed E-state index contributed by atoms with van der Waals surface area (Å²) in [4.78, 5) is 16.0. The van der Waals surface area contributed by atoms with E-state index in [1.807, 2.05) is 0 Å². The highest BCUT2D eigenvalue weighted by molar-refractivity contribution is 7.89. The number of alkyl halides is 3. The van der Waals surface area contributed by atoms with Gasteiger partial charge >= 0.3 is 6.18 Å². The number of nitrogens with zero attached hydrogens (tertiary/aromatic N) is 2. The maximum Gasteiger partial charge on any atom is 0.416 e. The topological polar surface area (TPSA) is 90.9 Å². The summed E-state index contributed by atoms with van der Waals surface area (Å²) >= 11 is 0. The molecule has 7 nitrogen and oxygen atoms in total. The highest BCUT2D eigenvalue weighted by Gasteiger charge is 2.30. The van der Waals surface area contributed by atoms with Gasteiger partial charge in [0.15, 0.2) is 0 Å². The van der Waals surface area contributed by atoms with E-state index in [0.29, 0.717) is 23.5 Å². The molecule has 0 aliphatic heterocycles. The third-order valence-electron chi connectivity index (χ3n) is 6.43. The molecule has 1 saturated carbocycles. The molecule has 1 aliphatic carbocycles. The fraction of sp³-hybridized carbons (Fsp3) is 0.407. The second kappa shape index (κ2) is 13.2. The number of hydrogen-bond acceptors (Lipinski definition) is 4. The van der Waals surface area contributed by atoms with E-state index in [1.165, 1.54) is 19.2 Å². The fourth-order valence-corrected chi connectivity index (χ4v) is 5.36. The Balaban J connectivity index is 1.68. The predicted molar refractivity (Wildman–Crippen MR) is 141 cm³/mol. The zero-order chi connectivity index (χ0) is 28.6. The quantitative estimate of drug-likeness (QED) is 0.222. The van der Waals surface area contributed by atoms with Gasteiger partial charge in [0, 0.05) is 39.1 Å². The molecule has 0 atom stereocenters. The van der Waals surface area contributed by atoms with Gasteiger partial charge in [-0.05, 0) is 73.2 Å². The Hall–Kier alpha value is -3.25. The monoisotopic (exact) mass is 568 g/mol. The summed E-state index contributed by atoms with van der Waals surface area (Å²) in [6, 6.07) is 8.78. The lowest BCUT2D eigenvalue weighted by Gasteiger charge is -2.26. The number of amides is 1. The Kier molecular flexibility index (Phi) is 10.3. The Bertz CT molecular complexity index is 1270. The van der Waals surface area contributed by atoms with Crippen LogP contribution in [0, 0.1) is 5.82 Å². The predicted octanol–water partition coefficient (Wildman–Crippen LogP) is 4.66. The second-order valence-electron chi connectivity index (χ2n) is 9.29. The van der Waals surface area contributed by atoms with E-state index < -0.39 is 27.6 Å². The van der Waals surface area contributed by atoms with Gasteiger partial charge < -0.3 is 10.6 Å². The van der Waals surface area contributed by atoms with Crippen molar-refractivity contribution in [2.75, 3.05) is 20.1 Å². The molecule has 1 aliphatic rings. The smallest absolute Gasteiger partial charge is 0.370 e. The van der Waals surface area contributed by atoms with Gasteiger partial charge in [0.05, 0.1) is 10.5 Å². The summed E-state index contributed by atoms with van der Waals surface area (Å²) in [7, 11) is -2.59. The zero-order valence-electron chi connectivity index (χ0n) is 21.6. The number of carbonyl (C=O) groups is 1. The summed E-state index contributed by atoms with van der Waals surface area (Å²) in [5.41, 5.74) is -0.00767. The van der Waals surface area contributed by atoms with E-state index in [1.54, 1.807) is 0 Å². The van der Waals surface area contributed by atoms with Crippen LogP contribution in [0.3, 0.4) is 0 Å². The maximum atomic E-state index is 13.4. The Labute approximate surface area is 226 Å². The minimum atomic E-state index is -4.52. The lowest BCUT2D eigenvalue weighted by molar-refractivity contribution is -0.137. The SMILES string of the molecule is C=C(CCN(Cc1ccc(C(F)(F)F)cc1)S(=O)(=O)c1ccc(F)cc1)C(=NC)NCCC(=O)NC1CCC1. The second-order valence-corrected chi connectivity index (χ2v) is 11.2. The molecule has 1 amide bonds. The van der Waals surface area contributed by atoms with Crippen LogP contribution in [0.5, 0.6) is 0 Å². The molecule has 0 unspecified atom stereocenters. The van der Waals surface area contributed by atoms with Gasteiger partial charge in [-0.2, -0.15) is 17.5 Å². The van der Waals surface area contributed by atoms with Crippen molar-refractivity contribution in [2.45, 2.75) is 55.8 Å². The summed E-state index contributed by atoms with van der Waals surface area (Å²) in [5.74, 6) is -0.255. The van der Waals surface area contributed by atoms with E-state index in [-0.39, 0.29) is 42.8 Å². The third-order valence-corrected chi connectivity index (χ3v) is 8.29. The lowest BCUT2D eigenvalue weighted by Crippen LogP contribution is -2.41. The molecular formula is C27H32F4N4O3S. The highest BCUT2D eigenvalue weighted by Crippen LogP contribution is 2.29. The van der Waals surface area contributed by atoms with Crippen LogP contribution in [-0.2, 0) is 27.5 Å². The molecular weight excluding hydrogens is 536 g/mol. The van der Waals surface area contributed by atoms with Crippen molar-refractivity contribution < 1.29 is 30.8 Å². The van der Waals surface area contributed by atoms with E-state index in [2.05, 4.69) is 22.2 Å². The van der Waals surface area contributed by atoms with Gasteiger partial charge in [-0.3, -0.25) is 9.79 Å². The van der Waals surface area contributed by atoms with Crippen LogP contribution in [-0.4, -0.2) is 50.6 Å². The standard InChI is InChI=1S/C27H32F4N4O3S/c1-19(26(32-2)33-16-14-25(36)34-23-4-3-5-23)15-17-35(39(37,38)24-12-10-22(28)11-13-24)18-20-6-8-21(9-7-20)27(29,30)31/h6-13,23H,1,3-5,14-18H2,2H3,(H,32,33)(H,34,36). The summed E-state index contributed by atoms with van der Waals surface area (Å²) in [6.07, 6.45) is -1.04. The van der Waals surface area contributed by atoms with Crippen LogP contribution >= 0.6 is 0 Å². The molecule has 0 saturated heterocycles. The van der Waals surface area contributed by atoms with Gasteiger partial charge in [0.2, 0.25) is 15.9 Å². The molecule has 2 aromatic rings. The van der Waals surface area contributed by atoms with Crippen LogP contribution in [0.4, 0.5) is 17.6 Å². The van der Waals surface area contributed by atoms with Crippen molar-refractivity contribution in [3.8, 4) is 0 Å². The first kappa shape index (κ1) is 30.3. The number of nitrogens with one attached hydrogen (secondary N) is 2. The van der Waals surface area contributed by atoms with Crippen molar-refractivity contribution in [2.24, 2.45) is 4.99 Å². The molecule has 1 fully saturated rings. The molecule has 0 bridgehead atoms. The molecule has 0 radical (unpaired) electrons. The number of carbonyl (C=O) groups excluding carboxylic acids is 1. The van der Waals surface area contributed by atoms with Crippen molar-refractivity contribution >= 4 is 21.8 Å². The molecule has 2 N–H and O–H groups in total. The highest BCUT2D eigenvalue weighted by atomic mass is 32.2. The van der Waals surface area contributed by atoms with Crippen LogP contribution < -0.4 is 10.6 Å². The first-order chi connectivity index (χ1) is 18.4. The maximum absolute atomic E-state index is 13.4. The Morgan fingerprint density at radius 2 is 1.72 bits per heavy atom. The van der Waals surface area contributed by atoms with Crippen LogP contribution in [0.15, 0.2) is 70.6 Å². The molecule has 0 aromatic heterocycles. The first-order valence-electron chi connectivity index (χ1n) is 12.5. The first-order valence-corrected chi connectivity index (χ1v) is 13.9. The molecule has 12 heteroatoms. The molecule has 0 spiro atoms.